The topological polar surface area (TPSA) is 38.8 Å². The molecule has 0 aliphatic carbocycles. The van der Waals surface area contributed by atoms with Crippen LogP contribution in [0.3, 0.4) is 0 Å². The molecule has 0 saturated carbocycles. The van der Waals surface area contributed by atoms with E-state index in [1.54, 1.807) is 18.2 Å². The molecule has 1 rings (SSSR count). The largest absolute Gasteiger partial charge is 0.492 e. The molecule has 1 aromatic carbocycles. The second kappa shape index (κ2) is 10.0. The molecule has 0 bridgehead atoms. The molecule has 21 heavy (non-hydrogen) atoms. The normalized spacial score (nSPS) is 10.7. The number of benzene rings is 1. The molecule has 0 radical (unpaired) electrons. The van der Waals surface area contributed by atoms with Gasteiger partial charge >= 0.3 is 5.97 Å². The Labute approximate surface area is 139 Å². The first kappa shape index (κ1) is 18.3. The fourth-order valence-electron chi connectivity index (χ4n) is 1.61. The molecule has 0 aliphatic rings. The molecule has 0 atom stereocenters. The number of carbonyl (C=O) groups excluding carboxylic acids is 1. The van der Waals surface area contributed by atoms with Crippen LogP contribution in [0.2, 0.25) is 0 Å². The van der Waals surface area contributed by atoms with Crippen molar-refractivity contribution in [2.24, 2.45) is 0 Å². The van der Waals surface area contributed by atoms with Crippen molar-refractivity contribution < 1.29 is 14.3 Å². The van der Waals surface area contributed by atoms with Gasteiger partial charge in [-0.05, 0) is 61.1 Å². The average molecular weight is 379 g/mol. The van der Waals surface area contributed by atoms with Crippen molar-refractivity contribution in [2.45, 2.75) is 12.8 Å². The summed E-state index contributed by atoms with van der Waals surface area (Å²) >= 11 is 8.99. The van der Waals surface area contributed by atoms with Crippen molar-refractivity contribution in [3.05, 3.63) is 28.2 Å². The molecule has 0 unspecified atom stereocenters. The van der Waals surface area contributed by atoms with Crippen molar-refractivity contribution in [1.29, 1.82) is 0 Å². The number of carbonyl (C=O) groups is 1. The van der Waals surface area contributed by atoms with E-state index < -0.39 is 0 Å². The molecule has 0 aromatic heterocycles. The Balaban J connectivity index is 2.47. The Kier molecular flexibility index (Phi) is 8.73. The van der Waals surface area contributed by atoms with Crippen LogP contribution in [0.5, 0.6) is 5.75 Å². The number of alkyl halides is 1. The van der Waals surface area contributed by atoms with Crippen LogP contribution in [-0.2, 0) is 4.74 Å². The third-order valence-electron chi connectivity index (χ3n) is 2.69. The zero-order chi connectivity index (χ0) is 15.7. The summed E-state index contributed by atoms with van der Waals surface area (Å²) in [7, 11) is 3.98. The second-order valence-electron chi connectivity index (χ2n) is 4.83. The van der Waals surface area contributed by atoms with Gasteiger partial charge in [-0.2, -0.15) is 0 Å². The summed E-state index contributed by atoms with van der Waals surface area (Å²) < 4.78 is 11.5. The first-order valence-corrected chi connectivity index (χ1v) is 8.17. The van der Waals surface area contributed by atoms with Crippen LogP contribution in [0.25, 0.3) is 0 Å². The number of hydrogen-bond donors (Lipinski definition) is 0. The summed E-state index contributed by atoms with van der Waals surface area (Å²) in [6.07, 6.45) is 1.60. The summed E-state index contributed by atoms with van der Waals surface area (Å²) in [5.41, 5.74) is 0.511. The van der Waals surface area contributed by atoms with Gasteiger partial charge in [0.05, 0.1) is 23.2 Å². The van der Waals surface area contributed by atoms with E-state index in [4.69, 9.17) is 21.1 Å². The fourth-order valence-corrected chi connectivity index (χ4v) is 2.21. The van der Waals surface area contributed by atoms with Gasteiger partial charge in [-0.15, -0.1) is 11.6 Å². The molecule has 0 amide bonds. The van der Waals surface area contributed by atoms with Crippen molar-refractivity contribution in [3.8, 4) is 5.75 Å². The Bertz CT molecular complexity index is 455. The minimum absolute atomic E-state index is 0.318. The van der Waals surface area contributed by atoms with Crippen LogP contribution in [0.1, 0.15) is 23.2 Å². The quantitative estimate of drug-likeness (QED) is 0.374. The number of esters is 1. The van der Waals surface area contributed by atoms with E-state index in [1.165, 1.54) is 0 Å². The third-order valence-corrected chi connectivity index (χ3v) is 3.57. The van der Waals surface area contributed by atoms with Gasteiger partial charge in [0.25, 0.3) is 0 Å². The Morgan fingerprint density at radius 3 is 2.67 bits per heavy atom. The van der Waals surface area contributed by atoms with E-state index in [1.807, 2.05) is 14.1 Å². The first-order chi connectivity index (χ1) is 10.0. The van der Waals surface area contributed by atoms with Gasteiger partial charge in [-0.1, -0.05) is 0 Å². The number of halogens is 2. The lowest BCUT2D eigenvalue weighted by Crippen LogP contribution is -2.16. The van der Waals surface area contributed by atoms with Gasteiger partial charge in [-0.3, -0.25) is 0 Å². The Hall–Kier alpha value is -0.780. The van der Waals surface area contributed by atoms with E-state index >= 15 is 0 Å². The van der Waals surface area contributed by atoms with Gasteiger partial charge in [-0.25, -0.2) is 4.79 Å². The highest BCUT2D eigenvalue weighted by atomic mass is 79.9. The van der Waals surface area contributed by atoms with Crippen LogP contribution in [0.15, 0.2) is 22.7 Å². The minimum Gasteiger partial charge on any atom is -0.492 e. The van der Waals surface area contributed by atoms with Crippen molar-refractivity contribution in [3.63, 3.8) is 0 Å². The smallest absolute Gasteiger partial charge is 0.338 e. The SMILES string of the molecule is CN(C)CCCOC(=O)c1ccc(OCCCCl)c(Br)c1. The lowest BCUT2D eigenvalue weighted by Gasteiger charge is -2.11. The summed E-state index contributed by atoms with van der Waals surface area (Å²) in [4.78, 5) is 14.0. The summed E-state index contributed by atoms with van der Waals surface area (Å²) in [6.45, 7) is 1.86. The summed E-state index contributed by atoms with van der Waals surface area (Å²) in [6, 6.07) is 5.17. The fraction of sp³-hybridized carbons (Fsp3) is 0.533. The molecular formula is C15H21BrClNO3. The van der Waals surface area contributed by atoms with Crippen LogP contribution in [0, 0.1) is 0 Å². The predicted octanol–water partition coefficient (Wildman–Crippen LogP) is 3.57. The van der Waals surface area contributed by atoms with Crippen LogP contribution >= 0.6 is 27.5 Å². The van der Waals surface area contributed by atoms with Gasteiger partial charge in [0.15, 0.2) is 0 Å². The zero-order valence-corrected chi connectivity index (χ0v) is 14.7. The number of rotatable bonds is 9. The van der Waals surface area contributed by atoms with Crippen LogP contribution < -0.4 is 4.74 Å². The molecular weight excluding hydrogens is 358 g/mol. The molecule has 6 heteroatoms. The molecule has 4 nitrogen and oxygen atoms in total. The van der Waals surface area contributed by atoms with E-state index in [-0.39, 0.29) is 5.97 Å². The average Bonchev–Trinajstić information content (AvgIpc) is 2.45. The number of ether oxygens (including phenoxy) is 2. The highest BCUT2D eigenvalue weighted by Crippen LogP contribution is 2.26. The van der Waals surface area contributed by atoms with Gasteiger partial charge in [0.2, 0.25) is 0 Å². The third kappa shape index (κ3) is 7.16. The van der Waals surface area contributed by atoms with Gasteiger partial charge in [0.1, 0.15) is 5.75 Å². The molecule has 118 valence electrons. The van der Waals surface area contributed by atoms with Crippen molar-refractivity contribution in [1.82, 2.24) is 4.90 Å². The second-order valence-corrected chi connectivity index (χ2v) is 6.06. The van der Waals surface area contributed by atoms with E-state index in [0.29, 0.717) is 30.4 Å². The monoisotopic (exact) mass is 377 g/mol. The molecule has 0 N–H and O–H groups in total. The molecule has 1 aromatic rings. The lowest BCUT2D eigenvalue weighted by molar-refractivity contribution is 0.0493. The van der Waals surface area contributed by atoms with Crippen molar-refractivity contribution >= 4 is 33.5 Å². The molecule has 0 fully saturated rings. The zero-order valence-electron chi connectivity index (χ0n) is 12.4. The Morgan fingerprint density at radius 2 is 2.05 bits per heavy atom. The van der Waals surface area contributed by atoms with E-state index in [0.717, 1.165) is 23.9 Å². The highest BCUT2D eigenvalue weighted by Gasteiger charge is 2.10. The van der Waals surface area contributed by atoms with E-state index in [9.17, 15) is 4.79 Å². The maximum atomic E-state index is 11.9. The molecule has 0 spiro atoms. The maximum absolute atomic E-state index is 11.9. The maximum Gasteiger partial charge on any atom is 0.338 e. The van der Waals surface area contributed by atoms with Crippen LogP contribution in [0.4, 0.5) is 0 Å². The van der Waals surface area contributed by atoms with E-state index in [2.05, 4.69) is 20.8 Å². The lowest BCUT2D eigenvalue weighted by atomic mass is 10.2. The minimum atomic E-state index is -0.318. The molecule has 0 saturated heterocycles. The van der Waals surface area contributed by atoms with Gasteiger partial charge < -0.3 is 14.4 Å². The first-order valence-electron chi connectivity index (χ1n) is 6.84. The molecule has 0 aliphatic heterocycles. The predicted molar refractivity (Wildman–Crippen MR) is 88.4 cm³/mol. The summed E-state index contributed by atoms with van der Waals surface area (Å²) in [5, 5.41) is 0. The molecule has 0 heterocycles. The number of nitrogens with zero attached hydrogens (tertiary/aromatic N) is 1. The van der Waals surface area contributed by atoms with Crippen molar-refractivity contribution in [2.75, 3.05) is 39.7 Å². The van der Waals surface area contributed by atoms with Crippen LogP contribution in [-0.4, -0.2) is 50.6 Å². The highest BCUT2D eigenvalue weighted by molar-refractivity contribution is 9.10. The van der Waals surface area contributed by atoms with Gasteiger partial charge in [0, 0.05) is 12.4 Å². The number of hydrogen-bond acceptors (Lipinski definition) is 4. The Morgan fingerprint density at radius 1 is 1.29 bits per heavy atom. The summed E-state index contributed by atoms with van der Waals surface area (Å²) in [5.74, 6) is 0.945. The standard InChI is InChI=1S/C15H21BrClNO3/c1-18(2)8-4-10-21-15(19)12-5-6-14(13(16)11-12)20-9-3-7-17/h5-6,11H,3-4,7-10H2,1-2H3.